The number of carbonyl (C=O) groups excluding carboxylic acids is 1. The van der Waals surface area contributed by atoms with E-state index in [1.807, 2.05) is 30.3 Å². The molecule has 0 fully saturated rings. The topological polar surface area (TPSA) is 50.4 Å². The maximum atomic E-state index is 13.5. The molecule has 0 saturated carbocycles. The zero-order valence-corrected chi connectivity index (χ0v) is 14.2. The van der Waals surface area contributed by atoms with Crippen LogP contribution in [0.25, 0.3) is 10.8 Å². The van der Waals surface area contributed by atoms with Crippen LogP contribution >= 0.6 is 0 Å². The van der Waals surface area contributed by atoms with Crippen LogP contribution in [0.15, 0.2) is 42.5 Å². The fourth-order valence-corrected chi connectivity index (χ4v) is 2.53. The number of nitrogens with one attached hydrogen (secondary N) is 2. The van der Waals surface area contributed by atoms with Gasteiger partial charge in [0.25, 0.3) is 0 Å². The number of halogens is 5. The predicted octanol–water partition coefficient (Wildman–Crippen LogP) is 4.74. The van der Waals surface area contributed by atoms with Crippen LogP contribution in [0.3, 0.4) is 0 Å². The highest BCUT2D eigenvalue weighted by molar-refractivity contribution is 6.01. The zero-order valence-electron chi connectivity index (χ0n) is 14.2. The number of amides is 2. The quantitative estimate of drug-likeness (QED) is 0.283. The van der Waals surface area contributed by atoms with E-state index in [0.29, 0.717) is 5.69 Å². The van der Waals surface area contributed by atoms with E-state index in [1.54, 1.807) is 12.1 Å². The number of benzene rings is 3. The average molecular weight is 396 g/mol. The van der Waals surface area contributed by atoms with Crippen LogP contribution in [0.2, 0.25) is 0 Å². The van der Waals surface area contributed by atoms with Gasteiger partial charge in [0.2, 0.25) is 29.1 Å². The summed E-state index contributed by atoms with van der Waals surface area (Å²) in [5.41, 5.74) is 0.538. The third-order valence-corrected chi connectivity index (χ3v) is 3.84. The maximum Gasteiger partial charge on any atom is 0.319 e. The highest BCUT2D eigenvalue weighted by atomic mass is 19.2. The van der Waals surface area contributed by atoms with E-state index >= 15 is 0 Å². The minimum atomic E-state index is -2.27. The number of urea groups is 1. The van der Waals surface area contributed by atoms with Crippen molar-refractivity contribution in [2.75, 3.05) is 18.5 Å². The SMILES string of the molecule is O=C(NCCOc1c(F)c(F)c(F)c(F)c1F)Nc1cccc2ccccc12. The molecule has 9 heteroatoms. The van der Waals surface area contributed by atoms with Crippen molar-refractivity contribution in [2.45, 2.75) is 0 Å². The van der Waals surface area contributed by atoms with Crippen molar-refractivity contribution >= 4 is 22.5 Å². The summed E-state index contributed by atoms with van der Waals surface area (Å²) in [6.45, 7) is -0.753. The molecule has 0 aromatic heterocycles. The molecule has 0 spiro atoms. The van der Waals surface area contributed by atoms with Crippen molar-refractivity contribution in [1.82, 2.24) is 5.32 Å². The first-order valence-electron chi connectivity index (χ1n) is 8.07. The Kier molecular flexibility index (Phi) is 5.62. The molecule has 0 unspecified atom stereocenters. The fourth-order valence-electron chi connectivity index (χ4n) is 2.53. The lowest BCUT2D eigenvalue weighted by Crippen LogP contribution is -2.32. The number of anilines is 1. The molecule has 0 radical (unpaired) electrons. The lowest BCUT2D eigenvalue weighted by Gasteiger charge is -2.12. The van der Waals surface area contributed by atoms with Gasteiger partial charge in [0.05, 0.1) is 12.2 Å². The van der Waals surface area contributed by atoms with Crippen LogP contribution in [-0.4, -0.2) is 19.2 Å². The van der Waals surface area contributed by atoms with Crippen molar-refractivity contribution < 1.29 is 31.5 Å². The largest absolute Gasteiger partial charge is 0.486 e. The predicted molar refractivity (Wildman–Crippen MR) is 92.7 cm³/mol. The van der Waals surface area contributed by atoms with Crippen LogP contribution in [-0.2, 0) is 0 Å². The van der Waals surface area contributed by atoms with Crippen molar-refractivity contribution in [1.29, 1.82) is 0 Å². The van der Waals surface area contributed by atoms with Gasteiger partial charge in [-0.15, -0.1) is 0 Å². The van der Waals surface area contributed by atoms with Gasteiger partial charge in [0.15, 0.2) is 5.75 Å². The minimum Gasteiger partial charge on any atom is -0.486 e. The van der Waals surface area contributed by atoms with E-state index in [4.69, 9.17) is 0 Å². The Morgan fingerprint density at radius 2 is 1.43 bits per heavy atom. The third kappa shape index (κ3) is 3.83. The number of ether oxygens (including phenoxy) is 1. The van der Waals surface area contributed by atoms with Crippen molar-refractivity contribution in [3.8, 4) is 5.75 Å². The number of hydrogen-bond acceptors (Lipinski definition) is 2. The van der Waals surface area contributed by atoms with Crippen LogP contribution < -0.4 is 15.4 Å². The fraction of sp³-hybridized carbons (Fsp3) is 0.105. The number of fused-ring (bicyclic) bond motifs is 1. The van der Waals surface area contributed by atoms with Crippen molar-refractivity contribution in [2.24, 2.45) is 0 Å². The van der Waals surface area contributed by atoms with E-state index < -0.39 is 47.5 Å². The molecule has 3 rings (SSSR count). The first kappa shape index (κ1) is 19.4. The Bertz CT molecular complexity index is 1010. The van der Waals surface area contributed by atoms with Crippen molar-refractivity contribution in [3.63, 3.8) is 0 Å². The summed E-state index contributed by atoms with van der Waals surface area (Å²) in [6, 6.07) is 12.0. The lowest BCUT2D eigenvalue weighted by molar-refractivity contribution is 0.241. The second-order valence-electron chi connectivity index (χ2n) is 5.66. The van der Waals surface area contributed by atoms with Crippen LogP contribution in [0.4, 0.5) is 32.4 Å². The Morgan fingerprint density at radius 3 is 2.14 bits per heavy atom. The van der Waals surface area contributed by atoms with Crippen molar-refractivity contribution in [3.05, 3.63) is 71.6 Å². The normalized spacial score (nSPS) is 10.8. The Balaban J connectivity index is 1.58. The van der Waals surface area contributed by atoms with Gasteiger partial charge in [0, 0.05) is 5.39 Å². The molecule has 0 heterocycles. The first-order valence-corrected chi connectivity index (χ1v) is 8.07. The van der Waals surface area contributed by atoms with E-state index in [9.17, 15) is 26.7 Å². The lowest BCUT2D eigenvalue weighted by atomic mass is 10.1. The second kappa shape index (κ2) is 8.12. The standard InChI is InChI=1S/C19H13F5N2O2/c20-13-14(21)16(23)18(17(24)15(13)22)28-9-8-25-19(27)26-12-7-3-5-10-4-1-2-6-11(10)12/h1-7H,8-9H2,(H2,25,26,27). The summed E-state index contributed by atoms with van der Waals surface area (Å²) in [4.78, 5) is 12.0. The molecule has 3 aromatic carbocycles. The monoisotopic (exact) mass is 396 g/mol. The molecule has 0 atom stereocenters. The van der Waals surface area contributed by atoms with Gasteiger partial charge >= 0.3 is 6.03 Å². The summed E-state index contributed by atoms with van der Waals surface area (Å²) in [6.07, 6.45) is 0. The molecule has 0 aliphatic rings. The average Bonchev–Trinajstić information content (AvgIpc) is 2.70. The van der Waals surface area contributed by atoms with Gasteiger partial charge in [0.1, 0.15) is 6.61 Å². The molecule has 3 aromatic rings. The Morgan fingerprint density at radius 1 is 0.821 bits per heavy atom. The summed E-state index contributed by atoms with van der Waals surface area (Å²) in [7, 11) is 0. The molecule has 2 amide bonds. The van der Waals surface area contributed by atoms with Gasteiger partial charge < -0.3 is 15.4 Å². The van der Waals surface area contributed by atoms with Gasteiger partial charge in [-0.3, -0.25) is 0 Å². The van der Waals surface area contributed by atoms with Crippen LogP contribution in [0.5, 0.6) is 5.75 Å². The molecule has 0 aliphatic heterocycles. The minimum absolute atomic E-state index is 0.240. The summed E-state index contributed by atoms with van der Waals surface area (Å²) >= 11 is 0. The summed E-state index contributed by atoms with van der Waals surface area (Å²) < 4.78 is 70.7. The van der Waals surface area contributed by atoms with Gasteiger partial charge in [-0.25, -0.2) is 18.0 Å². The first-order chi connectivity index (χ1) is 13.4. The highest BCUT2D eigenvalue weighted by Crippen LogP contribution is 2.29. The smallest absolute Gasteiger partial charge is 0.319 e. The molecule has 0 bridgehead atoms. The Hall–Kier alpha value is -3.36. The Labute approximate surface area is 155 Å². The summed E-state index contributed by atoms with van der Waals surface area (Å²) in [5, 5.41) is 6.69. The number of rotatable bonds is 5. The van der Waals surface area contributed by atoms with Crippen LogP contribution in [0, 0.1) is 29.1 Å². The molecule has 0 aliphatic carbocycles. The molecular weight excluding hydrogens is 383 g/mol. The van der Waals surface area contributed by atoms with Crippen LogP contribution in [0.1, 0.15) is 0 Å². The van der Waals surface area contributed by atoms with Gasteiger partial charge in [-0.2, -0.15) is 8.78 Å². The van der Waals surface area contributed by atoms with Gasteiger partial charge in [-0.1, -0.05) is 36.4 Å². The highest BCUT2D eigenvalue weighted by Gasteiger charge is 2.26. The summed E-state index contributed by atoms with van der Waals surface area (Å²) in [5.74, 6) is -12.0. The van der Waals surface area contributed by atoms with E-state index in [-0.39, 0.29) is 6.54 Å². The molecule has 0 saturated heterocycles. The number of hydrogen-bond donors (Lipinski definition) is 2. The van der Waals surface area contributed by atoms with E-state index in [2.05, 4.69) is 15.4 Å². The molecular formula is C19H13F5N2O2. The zero-order chi connectivity index (χ0) is 20.3. The maximum absolute atomic E-state index is 13.5. The molecule has 28 heavy (non-hydrogen) atoms. The third-order valence-electron chi connectivity index (χ3n) is 3.84. The van der Waals surface area contributed by atoms with E-state index in [0.717, 1.165) is 10.8 Å². The van der Waals surface area contributed by atoms with Gasteiger partial charge in [-0.05, 0) is 11.5 Å². The molecule has 2 N–H and O–H groups in total. The second-order valence-corrected chi connectivity index (χ2v) is 5.66. The molecule has 146 valence electrons. The van der Waals surface area contributed by atoms with E-state index in [1.165, 1.54) is 0 Å². The molecule has 4 nitrogen and oxygen atoms in total. The number of carbonyl (C=O) groups is 1.